The van der Waals surface area contributed by atoms with Gasteiger partial charge in [-0.25, -0.2) is 0 Å². The van der Waals surface area contributed by atoms with Crippen molar-refractivity contribution in [2.24, 2.45) is 0 Å². The van der Waals surface area contributed by atoms with Gasteiger partial charge in [-0.05, 0) is 31.9 Å². The van der Waals surface area contributed by atoms with E-state index >= 15 is 0 Å². The minimum Gasteiger partial charge on any atom is -0.872 e. The first-order valence-electron chi connectivity index (χ1n) is 3.81. The van der Waals surface area contributed by atoms with Gasteiger partial charge >= 0.3 is 29.6 Å². The summed E-state index contributed by atoms with van der Waals surface area (Å²) in [4.78, 5) is 11.1. The van der Waals surface area contributed by atoms with Gasteiger partial charge in [-0.1, -0.05) is 12.1 Å². The van der Waals surface area contributed by atoms with E-state index in [9.17, 15) is 9.90 Å². The van der Waals surface area contributed by atoms with Crippen LogP contribution in [0.15, 0.2) is 12.1 Å². The fraction of sp³-hybridized carbons (Fsp3) is 0.300. The van der Waals surface area contributed by atoms with Crippen molar-refractivity contribution in [3.05, 3.63) is 28.8 Å². The molecule has 0 N–H and O–H groups in total. The first kappa shape index (κ1) is 12.7. The van der Waals surface area contributed by atoms with Gasteiger partial charge in [-0.15, -0.1) is 5.75 Å². The number of Topliss-reactive ketones (excluding diaryl/α,β-unsaturated/α-hetero) is 1. The number of ketones is 1. The maximum Gasteiger partial charge on any atom is 1.00 e. The van der Waals surface area contributed by atoms with Crippen molar-refractivity contribution in [1.29, 1.82) is 0 Å². The predicted octanol–water partition coefficient (Wildman–Crippen LogP) is -1.42. The minimum absolute atomic E-state index is 0. The summed E-state index contributed by atoms with van der Waals surface area (Å²) in [5, 5.41) is 11.0. The van der Waals surface area contributed by atoms with Crippen LogP contribution in [0.4, 0.5) is 0 Å². The van der Waals surface area contributed by atoms with Crippen molar-refractivity contribution < 1.29 is 39.5 Å². The summed E-state index contributed by atoms with van der Waals surface area (Å²) in [6.07, 6.45) is 0. The molecule has 0 fully saturated rings. The van der Waals surface area contributed by atoms with Crippen LogP contribution in [0.2, 0.25) is 0 Å². The van der Waals surface area contributed by atoms with Gasteiger partial charge in [0.1, 0.15) is 0 Å². The van der Waals surface area contributed by atoms with Gasteiger partial charge < -0.3 is 5.11 Å². The van der Waals surface area contributed by atoms with Gasteiger partial charge in [-0.3, -0.25) is 4.79 Å². The van der Waals surface area contributed by atoms with E-state index in [2.05, 4.69) is 0 Å². The summed E-state index contributed by atoms with van der Waals surface area (Å²) in [5.74, 6) is -0.0139. The SMILES string of the molecule is CC(=O)c1c(C)cc([O-])cc1C.[Na+]. The molecule has 1 aromatic rings. The molecule has 2 nitrogen and oxygen atoms in total. The Kier molecular flexibility index (Phi) is 4.68. The molecule has 13 heavy (non-hydrogen) atoms. The van der Waals surface area contributed by atoms with E-state index in [-0.39, 0.29) is 41.1 Å². The van der Waals surface area contributed by atoms with Crippen LogP contribution >= 0.6 is 0 Å². The van der Waals surface area contributed by atoms with E-state index in [4.69, 9.17) is 0 Å². The van der Waals surface area contributed by atoms with Crippen molar-refractivity contribution in [2.75, 3.05) is 0 Å². The second-order valence-electron chi connectivity index (χ2n) is 2.99. The molecule has 64 valence electrons. The molecular weight excluding hydrogens is 175 g/mol. The molecule has 0 aliphatic carbocycles. The molecular formula is C10H11NaO2. The van der Waals surface area contributed by atoms with Crippen LogP contribution in [0.3, 0.4) is 0 Å². The summed E-state index contributed by atoms with van der Waals surface area (Å²) >= 11 is 0. The summed E-state index contributed by atoms with van der Waals surface area (Å²) in [6.45, 7) is 5.08. The van der Waals surface area contributed by atoms with E-state index in [0.29, 0.717) is 5.56 Å². The average Bonchev–Trinajstić information content (AvgIpc) is 1.82. The summed E-state index contributed by atoms with van der Waals surface area (Å²) in [6, 6.07) is 2.98. The quantitative estimate of drug-likeness (QED) is 0.399. The zero-order valence-electron chi connectivity index (χ0n) is 8.47. The maximum atomic E-state index is 11.1. The van der Waals surface area contributed by atoms with E-state index in [1.165, 1.54) is 19.1 Å². The zero-order valence-corrected chi connectivity index (χ0v) is 10.5. The second kappa shape index (κ2) is 4.80. The number of hydrogen-bond donors (Lipinski definition) is 0. The average molecular weight is 186 g/mol. The van der Waals surface area contributed by atoms with Crippen LogP contribution in [-0.2, 0) is 0 Å². The molecule has 0 heterocycles. The van der Waals surface area contributed by atoms with Gasteiger partial charge in [-0.2, -0.15) is 0 Å². The van der Waals surface area contributed by atoms with E-state index in [1.54, 1.807) is 13.8 Å². The van der Waals surface area contributed by atoms with Crippen LogP contribution in [0, 0.1) is 13.8 Å². The van der Waals surface area contributed by atoms with E-state index in [0.717, 1.165) is 11.1 Å². The number of aryl methyl sites for hydroxylation is 2. The Morgan fingerprint density at radius 1 is 1.23 bits per heavy atom. The molecule has 0 aromatic heterocycles. The normalized spacial score (nSPS) is 9.15. The molecule has 1 aromatic carbocycles. The molecule has 0 unspecified atom stereocenters. The summed E-state index contributed by atoms with van der Waals surface area (Å²) in [7, 11) is 0. The minimum atomic E-state index is -0.0324. The van der Waals surface area contributed by atoms with Crippen LogP contribution < -0.4 is 34.7 Å². The van der Waals surface area contributed by atoms with Gasteiger partial charge in [0.2, 0.25) is 0 Å². The zero-order chi connectivity index (χ0) is 9.30. The van der Waals surface area contributed by atoms with Crippen molar-refractivity contribution in [3.63, 3.8) is 0 Å². The largest absolute Gasteiger partial charge is 1.00 e. The van der Waals surface area contributed by atoms with Gasteiger partial charge in [0, 0.05) is 5.56 Å². The third kappa shape index (κ3) is 2.83. The number of benzene rings is 1. The molecule has 1 rings (SSSR count). The molecule has 0 bridgehead atoms. The van der Waals surface area contributed by atoms with Crippen molar-refractivity contribution in [2.45, 2.75) is 20.8 Å². The maximum absolute atomic E-state index is 11.1. The Morgan fingerprint density at radius 2 is 1.62 bits per heavy atom. The third-order valence-corrected chi connectivity index (χ3v) is 1.86. The van der Waals surface area contributed by atoms with Crippen LogP contribution in [0.25, 0.3) is 0 Å². The van der Waals surface area contributed by atoms with Crippen LogP contribution in [0.1, 0.15) is 28.4 Å². The Balaban J connectivity index is 0.00000144. The Morgan fingerprint density at radius 3 is 1.92 bits per heavy atom. The number of hydrogen-bond acceptors (Lipinski definition) is 2. The monoisotopic (exact) mass is 186 g/mol. The summed E-state index contributed by atoms with van der Waals surface area (Å²) < 4.78 is 0. The Labute approximate surface area is 100 Å². The number of carbonyl (C=O) groups excluding carboxylic acids is 1. The first-order valence-corrected chi connectivity index (χ1v) is 3.81. The molecule has 3 heteroatoms. The number of rotatable bonds is 1. The fourth-order valence-corrected chi connectivity index (χ4v) is 1.48. The molecule has 0 aliphatic rings. The van der Waals surface area contributed by atoms with Crippen molar-refractivity contribution in [1.82, 2.24) is 0 Å². The third-order valence-electron chi connectivity index (χ3n) is 1.86. The van der Waals surface area contributed by atoms with Gasteiger partial charge in [0.05, 0.1) is 0 Å². The smallest absolute Gasteiger partial charge is 0.872 e. The Bertz CT molecular complexity index is 309. The second-order valence-corrected chi connectivity index (χ2v) is 2.99. The van der Waals surface area contributed by atoms with Crippen molar-refractivity contribution in [3.8, 4) is 5.75 Å². The van der Waals surface area contributed by atoms with E-state index in [1.807, 2.05) is 0 Å². The summed E-state index contributed by atoms with van der Waals surface area (Å²) in [5.41, 5.74) is 2.22. The van der Waals surface area contributed by atoms with Crippen LogP contribution in [-0.4, -0.2) is 5.78 Å². The number of carbonyl (C=O) groups is 1. The molecule has 0 amide bonds. The molecule has 0 saturated carbocycles. The first-order chi connectivity index (χ1) is 5.52. The van der Waals surface area contributed by atoms with E-state index < -0.39 is 0 Å². The molecule has 0 radical (unpaired) electrons. The fourth-order valence-electron chi connectivity index (χ4n) is 1.48. The molecule has 0 spiro atoms. The molecule has 0 saturated heterocycles. The Hall–Kier alpha value is -0.310. The topological polar surface area (TPSA) is 40.1 Å². The standard InChI is InChI=1S/C10H12O2.Na/c1-6-4-9(12)5-7(2)10(6)8(3)11;/h4-5,12H,1-3H3;/q;+1/p-1. The van der Waals surface area contributed by atoms with Gasteiger partial charge in [0.15, 0.2) is 5.78 Å². The molecule has 0 aliphatic heterocycles. The van der Waals surface area contributed by atoms with Crippen molar-refractivity contribution >= 4 is 5.78 Å². The van der Waals surface area contributed by atoms with Gasteiger partial charge in [0.25, 0.3) is 0 Å². The predicted molar refractivity (Wildman–Crippen MR) is 45.4 cm³/mol. The molecule has 0 atom stereocenters. The van der Waals surface area contributed by atoms with Crippen LogP contribution in [0.5, 0.6) is 5.75 Å².